The van der Waals surface area contributed by atoms with E-state index in [9.17, 15) is 4.79 Å². The number of carbonyl (C=O) groups is 1. The Morgan fingerprint density at radius 1 is 1.45 bits per heavy atom. The van der Waals surface area contributed by atoms with Gasteiger partial charge in [0.2, 0.25) is 0 Å². The Kier molecular flexibility index (Phi) is 2.19. The zero-order valence-corrected chi connectivity index (χ0v) is 12.3. The predicted molar refractivity (Wildman–Crippen MR) is 75.0 cm³/mol. The van der Waals surface area contributed by atoms with Crippen LogP contribution in [0.25, 0.3) is 0 Å². The van der Waals surface area contributed by atoms with Crippen molar-refractivity contribution in [2.75, 3.05) is 0 Å². The Labute approximate surface area is 119 Å². The number of ether oxygens (including phenoxy) is 2. The van der Waals surface area contributed by atoms with Crippen LogP contribution in [0.3, 0.4) is 0 Å². The molecule has 1 heterocycles. The maximum atomic E-state index is 11.2. The van der Waals surface area contributed by atoms with E-state index in [1.807, 2.05) is 19.1 Å². The summed E-state index contributed by atoms with van der Waals surface area (Å²) in [5.74, 6) is 2.25. The third kappa shape index (κ3) is 1.44. The van der Waals surface area contributed by atoms with E-state index in [1.165, 1.54) is 25.3 Å². The molecule has 0 saturated heterocycles. The molecule has 3 nitrogen and oxygen atoms in total. The lowest BCUT2D eigenvalue weighted by atomic mass is 9.83. The molecule has 1 aromatic rings. The van der Waals surface area contributed by atoms with Gasteiger partial charge in [0.05, 0.1) is 0 Å². The normalized spacial score (nSPS) is 36.5. The zero-order valence-electron chi connectivity index (χ0n) is 12.3. The smallest absolute Gasteiger partial charge is 0.308 e. The van der Waals surface area contributed by atoms with E-state index in [-0.39, 0.29) is 11.6 Å². The van der Waals surface area contributed by atoms with Crippen molar-refractivity contribution in [2.24, 2.45) is 11.3 Å². The molecule has 1 aromatic carbocycles. The molecule has 4 rings (SSSR count). The highest BCUT2D eigenvalue weighted by atomic mass is 16.5. The topological polar surface area (TPSA) is 35.5 Å². The lowest BCUT2D eigenvalue weighted by Crippen LogP contribution is -2.40. The standard InChI is InChI=1S/C17H20O3/c1-10-6-15-12(7-14(10)19-11(2)18)8-17(20-15)5-4-13-9-16(13,17)3/h6-7,13H,4-5,8-9H2,1-3H3/t13-,16+,17-/m1/s1. The van der Waals surface area contributed by atoms with Crippen LogP contribution >= 0.6 is 0 Å². The van der Waals surface area contributed by atoms with Gasteiger partial charge in [-0.25, -0.2) is 0 Å². The SMILES string of the molecule is CC(=O)Oc1cc2c(cc1C)O[C@]1(CC[C@@H]3C[C@@]31C)C2. The maximum Gasteiger partial charge on any atom is 0.308 e. The summed E-state index contributed by atoms with van der Waals surface area (Å²) in [7, 11) is 0. The fourth-order valence-electron chi connectivity index (χ4n) is 4.34. The molecular formula is C17H20O3. The highest BCUT2D eigenvalue weighted by Crippen LogP contribution is 2.71. The number of esters is 1. The second-order valence-corrected chi connectivity index (χ2v) is 6.95. The van der Waals surface area contributed by atoms with Crippen LogP contribution in [0.2, 0.25) is 0 Å². The summed E-state index contributed by atoms with van der Waals surface area (Å²) >= 11 is 0. The van der Waals surface area contributed by atoms with Gasteiger partial charge >= 0.3 is 5.97 Å². The van der Waals surface area contributed by atoms with Crippen LogP contribution in [-0.2, 0) is 11.2 Å². The summed E-state index contributed by atoms with van der Waals surface area (Å²) in [6.07, 6.45) is 4.71. The number of aryl methyl sites for hydroxylation is 1. The highest BCUT2D eigenvalue weighted by Gasteiger charge is 2.70. The van der Waals surface area contributed by atoms with Gasteiger partial charge in [0, 0.05) is 24.3 Å². The Bertz CT molecular complexity index is 619. The van der Waals surface area contributed by atoms with E-state index in [1.54, 1.807) is 0 Å². The number of benzene rings is 1. The maximum absolute atomic E-state index is 11.2. The van der Waals surface area contributed by atoms with Gasteiger partial charge in [-0.3, -0.25) is 4.79 Å². The molecule has 1 spiro atoms. The molecule has 2 aliphatic carbocycles. The number of fused-ring (bicyclic) bond motifs is 3. The summed E-state index contributed by atoms with van der Waals surface area (Å²) in [6, 6.07) is 4.03. The summed E-state index contributed by atoms with van der Waals surface area (Å²) in [4.78, 5) is 11.2. The van der Waals surface area contributed by atoms with Gasteiger partial charge in [0.15, 0.2) is 0 Å². The minimum absolute atomic E-state index is 0.00128. The van der Waals surface area contributed by atoms with Crippen molar-refractivity contribution in [3.63, 3.8) is 0 Å². The van der Waals surface area contributed by atoms with Gasteiger partial charge in [-0.2, -0.15) is 0 Å². The molecule has 106 valence electrons. The van der Waals surface area contributed by atoms with Crippen LogP contribution in [0, 0.1) is 18.3 Å². The molecule has 2 saturated carbocycles. The first-order valence-electron chi connectivity index (χ1n) is 7.44. The van der Waals surface area contributed by atoms with Crippen molar-refractivity contribution in [2.45, 2.75) is 52.1 Å². The van der Waals surface area contributed by atoms with E-state index >= 15 is 0 Å². The van der Waals surface area contributed by atoms with Crippen molar-refractivity contribution >= 4 is 5.97 Å². The van der Waals surface area contributed by atoms with Crippen molar-refractivity contribution in [1.29, 1.82) is 0 Å². The summed E-state index contributed by atoms with van der Waals surface area (Å²) in [5, 5.41) is 0. The van der Waals surface area contributed by atoms with Gasteiger partial charge in [-0.15, -0.1) is 0 Å². The lowest BCUT2D eigenvalue weighted by molar-refractivity contribution is -0.131. The Balaban J connectivity index is 1.70. The van der Waals surface area contributed by atoms with Crippen molar-refractivity contribution in [1.82, 2.24) is 0 Å². The van der Waals surface area contributed by atoms with E-state index in [0.29, 0.717) is 11.2 Å². The van der Waals surface area contributed by atoms with Crippen LogP contribution in [0.4, 0.5) is 0 Å². The van der Waals surface area contributed by atoms with Gasteiger partial charge in [0.1, 0.15) is 17.1 Å². The summed E-state index contributed by atoms with van der Waals surface area (Å²) < 4.78 is 11.7. The highest BCUT2D eigenvalue weighted by molar-refractivity contribution is 5.70. The van der Waals surface area contributed by atoms with Gasteiger partial charge in [-0.05, 0) is 49.8 Å². The molecule has 0 N–H and O–H groups in total. The van der Waals surface area contributed by atoms with Gasteiger partial charge < -0.3 is 9.47 Å². The third-order valence-corrected chi connectivity index (χ3v) is 5.74. The minimum atomic E-state index is -0.267. The monoisotopic (exact) mass is 272 g/mol. The summed E-state index contributed by atoms with van der Waals surface area (Å²) in [5.41, 5.74) is 2.52. The Hall–Kier alpha value is -1.51. The second-order valence-electron chi connectivity index (χ2n) is 6.95. The zero-order chi connectivity index (χ0) is 14.1. The predicted octanol–water partition coefficient (Wildman–Crippen LogP) is 3.41. The van der Waals surface area contributed by atoms with Crippen LogP contribution in [0.15, 0.2) is 12.1 Å². The lowest BCUT2D eigenvalue weighted by Gasteiger charge is -2.31. The van der Waals surface area contributed by atoms with Crippen molar-refractivity contribution < 1.29 is 14.3 Å². The number of hydrogen-bond donors (Lipinski definition) is 0. The number of carbonyl (C=O) groups excluding carboxylic acids is 1. The van der Waals surface area contributed by atoms with Gasteiger partial charge in [0.25, 0.3) is 0 Å². The van der Waals surface area contributed by atoms with E-state index < -0.39 is 0 Å². The minimum Gasteiger partial charge on any atom is -0.486 e. The van der Waals surface area contributed by atoms with Crippen LogP contribution in [0.1, 0.15) is 44.2 Å². The van der Waals surface area contributed by atoms with E-state index in [0.717, 1.165) is 30.1 Å². The Morgan fingerprint density at radius 2 is 2.25 bits per heavy atom. The first-order chi connectivity index (χ1) is 9.43. The second kappa shape index (κ2) is 3.57. The summed E-state index contributed by atoms with van der Waals surface area (Å²) in [6.45, 7) is 5.77. The molecular weight excluding hydrogens is 252 g/mol. The number of hydrogen-bond acceptors (Lipinski definition) is 3. The molecule has 0 radical (unpaired) electrons. The van der Waals surface area contributed by atoms with Crippen LogP contribution in [0.5, 0.6) is 11.5 Å². The average Bonchev–Trinajstić information content (AvgIpc) is 2.79. The fourth-order valence-corrected chi connectivity index (χ4v) is 4.34. The molecule has 0 bridgehead atoms. The van der Waals surface area contributed by atoms with Crippen molar-refractivity contribution in [3.8, 4) is 11.5 Å². The quantitative estimate of drug-likeness (QED) is 0.580. The first kappa shape index (κ1) is 12.2. The van der Waals surface area contributed by atoms with Crippen LogP contribution in [-0.4, -0.2) is 11.6 Å². The first-order valence-corrected chi connectivity index (χ1v) is 7.44. The molecule has 0 amide bonds. The largest absolute Gasteiger partial charge is 0.486 e. The van der Waals surface area contributed by atoms with Crippen molar-refractivity contribution in [3.05, 3.63) is 23.3 Å². The fraction of sp³-hybridized carbons (Fsp3) is 0.588. The van der Waals surface area contributed by atoms with Gasteiger partial charge in [-0.1, -0.05) is 6.92 Å². The molecule has 0 unspecified atom stereocenters. The molecule has 3 heteroatoms. The van der Waals surface area contributed by atoms with E-state index in [4.69, 9.17) is 9.47 Å². The number of rotatable bonds is 1. The van der Waals surface area contributed by atoms with E-state index in [2.05, 4.69) is 6.92 Å². The Morgan fingerprint density at radius 3 is 2.85 bits per heavy atom. The molecule has 3 aliphatic rings. The average molecular weight is 272 g/mol. The molecule has 3 atom stereocenters. The van der Waals surface area contributed by atoms with Crippen LogP contribution < -0.4 is 9.47 Å². The third-order valence-electron chi connectivity index (χ3n) is 5.74. The molecule has 2 fully saturated rings. The molecule has 20 heavy (non-hydrogen) atoms. The molecule has 0 aromatic heterocycles. The molecule has 1 aliphatic heterocycles.